The lowest BCUT2D eigenvalue weighted by atomic mass is 10.3. The maximum Gasteiger partial charge on any atom is 0.145 e. The molecule has 0 aliphatic heterocycles. The van der Waals surface area contributed by atoms with Gasteiger partial charge < -0.3 is 5.21 Å². The van der Waals surface area contributed by atoms with Crippen molar-refractivity contribution in [2.24, 2.45) is 5.16 Å². The van der Waals surface area contributed by atoms with Crippen LogP contribution in [0.2, 0.25) is 0 Å². The quantitative estimate of drug-likeness (QED) is 0.319. The second-order valence-corrected chi connectivity index (χ2v) is 2.60. The summed E-state index contributed by atoms with van der Waals surface area (Å²) >= 11 is 3.02. The van der Waals surface area contributed by atoms with Crippen molar-refractivity contribution in [1.29, 1.82) is 0 Å². The average molecular weight is 204 g/mol. The van der Waals surface area contributed by atoms with E-state index in [0.29, 0.717) is 4.62 Å². The number of hydrogen-bond acceptors (Lipinski definition) is 2. The molecule has 10 heavy (non-hydrogen) atoms. The first-order valence-electron chi connectivity index (χ1n) is 2.89. The van der Waals surface area contributed by atoms with Crippen molar-refractivity contribution in [3.05, 3.63) is 23.8 Å². The van der Waals surface area contributed by atoms with Gasteiger partial charge in [-0.2, -0.15) is 0 Å². The van der Waals surface area contributed by atoms with E-state index in [-0.39, 0.29) is 0 Å². The lowest BCUT2D eigenvalue weighted by Crippen LogP contribution is -1.77. The van der Waals surface area contributed by atoms with Crippen LogP contribution < -0.4 is 0 Å². The minimum absolute atomic E-state index is 0.425. The van der Waals surface area contributed by atoms with E-state index in [4.69, 9.17) is 5.21 Å². The van der Waals surface area contributed by atoms with Crippen LogP contribution in [0.1, 0.15) is 13.8 Å². The van der Waals surface area contributed by atoms with Gasteiger partial charge >= 0.3 is 0 Å². The fraction of sp³-hybridized carbons (Fsp3) is 0.286. The van der Waals surface area contributed by atoms with E-state index in [9.17, 15) is 0 Å². The van der Waals surface area contributed by atoms with E-state index in [0.717, 1.165) is 5.57 Å². The molecule has 2 nitrogen and oxygen atoms in total. The molecule has 3 heteroatoms. The van der Waals surface area contributed by atoms with Gasteiger partial charge in [0.25, 0.3) is 0 Å². The molecule has 0 heterocycles. The summed E-state index contributed by atoms with van der Waals surface area (Å²) in [5.74, 6) is 0. The Kier molecular flexibility index (Phi) is 4.94. The van der Waals surface area contributed by atoms with E-state index < -0.39 is 0 Å². The second-order valence-electron chi connectivity index (χ2n) is 1.79. The number of hydrogen-bond donors (Lipinski definition) is 1. The second kappa shape index (κ2) is 5.23. The maximum absolute atomic E-state index is 8.19. The molecule has 0 aliphatic carbocycles. The summed E-state index contributed by atoms with van der Waals surface area (Å²) in [5.41, 5.74) is 1.13. The largest absolute Gasteiger partial charge is 0.410 e. The van der Waals surface area contributed by atoms with Crippen LogP contribution in [0.3, 0.4) is 0 Å². The number of nitrogens with zero attached hydrogens (tertiary/aromatic N) is 1. The highest BCUT2D eigenvalue weighted by Crippen LogP contribution is 1.97. The predicted molar refractivity (Wildman–Crippen MR) is 46.7 cm³/mol. The third-order valence-electron chi connectivity index (χ3n) is 1.03. The summed E-state index contributed by atoms with van der Waals surface area (Å²) in [6.07, 6.45) is 5.49. The van der Waals surface area contributed by atoms with Gasteiger partial charge in [-0.1, -0.05) is 22.9 Å². The third kappa shape index (κ3) is 4.32. The van der Waals surface area contributed by atoms with Gasteiger partial charge in [-0.15, -0.1) is 0 Å². The Morgan fingerprint density at radius 2 is 2.10 bits per heavy atom. The summed E-state index contributed by atoms with van der Waals surface area (Å²) in [5, 5.41) is 11.1. The summed E-state index contributed by atoms with van der Waals surface area (Å²) in [6.45, 7) is 3.91. The van der Waals surface area contributed by atoms with E-state index >= 15 is 0 Å². The van der Waals surface area contributed by atoms with Crippen molar-refractivity contribution >= 4 is 20.6 Å². The maximum atomic E-state index is 8.19. The molecule has 0 bridgehead atoms. The molecule has 0 unspecified atom stereocenters. The molecule has 0 radical (unpaired) electrons. The van der Waals surface area contributed by atoms with E-state index in [2.05, 4.69) is 21.1 Å². The Labute approximate surface area is 69.1 Å². The zero-order valence-electron chi connectivity index (χ0n) is 6.00. The number of oxime groups is 1. The van der Waals surface area contributed by atoms with E-state index in [1.807, 2.05) is 26.0 Å². The smallest absolute Gasteiger partial charge is 0.145 e. The zero-order valence-corrected chi connectivity index (χ0v) is 7.59. The van der Waals surface area contributed by atoms with Gasteiger partial charge in [-0.25, -0.2) is 0 Å². The number of rotatable bonds is 2. The van der Waals surface area contributed by atoms with Crippen molar-refractivity contribution in [2.75, 3.05) is 0 Å². The molecule has 0 atom stereocenters. The van der Waals surface area contributed by atoms with E-state index in [1.165, 1.54) is 0 Å². The molecule has 0 saturated carbocycles. The SMILES string of the molecule is C\C=C(C)/C=C\C(Br)=N\O. The fourth-order valence-electron chi connectivity index (χ4n) is 0.330. The Balaban J connectivity index is 4.01. The van der Waals surface area contributed by atoms with E-state index in [1.54, 1.807) is 6.08 Å². The first-order valence-corrected chi connectivity index (χ1v) is 3.68. The molecule has 0 aliphatic rings. The molecule has 0 rings (SSSR count). The standard InChI is InChI=1S/C7H10BrNO/c1-3-6(2)4-5-7(8)9-10/h3-5,10H,1-2H3/b5-4-,6-3-,9-7-. The summed E-state index contributed by atoms with van der Waals surface area (Å²) in [7, 11) is 0. The first-order chi connectivity index (χ1) is 4.70. The van der Waals surface area contributed by atoms with Crippen LogP contribution in [0.4, 0.5) is 0 Å². The summed E-state index contributed by atoms with van der Waals surface area (Å²) in [6, 6.07) is 0. The van der Waals surface area contributed by atoms with Crippen molar-refractivity contribution in [3.8, 4) is 0 Å². The first kappa shape index (κ1) is 9.43. The lowest BCUT2D eigenvalue weighted by Gasteiger charge is -1.85. The summed E-state index contributed by atoms with van der Waals surface area (Å²) < 4.78 is 0.425. The van der Waals surface area contributed by atoms with Gasteiger partial charge in [-0.05, 0) is 35.9 Å². The third-order valence-corrected chi connectivity index (χ3v) is 1.46. The van der Waals surface area contributed by atoms with Gasteiger partial charge in [0.1, 0.15) is 4.62 Å². The van der Waals surface area contributed by atoms with Crippen molar-refractivity contribution in [3.63, 3.8) is 0 Å². The Morgan fingerprint density at radius 1 is 1.50 bits per heavy atom. The van der Waals surface area contributed by atoms with Crippen LogP contribution in [-0.2, 0) is 0 Å². The van der Waals surface area contributed by atoms with Crippen LogP contribution in [0.15, 0.2) is 29.0 Å². The van der Waals surface area contributed by atoms with Crippen LogP contribution in [-0.4, -0.2) is 9.83 Å². The minimum Gasteiger partial charge on any atom is -0.410 e. The molecule has 0 spiro atoms. The molecule has 1 N–H and O–H groups in total. The van der Waals surface area contributed by atoms with Crippen LogP contribution in [0.25, 0.3) is 0 Å². The molecule has 0 aromatic heterocycles. The van der Waals surface area contributed by atoms with Crippen molar-refractivity contribution in [2.45, 2.75) is 13.8 Å². The van der Waals surface area contributed by atoms with Crippen LogP contribution in [0, 0.1) is 0 Å². The molecule has 0 amide bonds. The summed E-state index contributed by atoms with van der Waals surface area (Å²) in [4.78, 5) is 0. The van der Waals surface area contributed by atoms with Gasteiger partial charge in [0.15, 0.2) is 0 Å². The van der Waals surface area contributed by atoms with Crippen LogP contribution in [0.5, 0.6) is 0 Å². The monoisotopic (exact) mass is 203 g/mol. The highest BCUT2D eigenvalue weighted by Gasteiger charge is 1.83. The van der Waals surface area contributed by atoms with Crippen molar-refractivity contribution < 1.29 is 5.21 Å². The van der Waals surface area contributed by atoms with Gasteiger partial charge in [0.2, 0.25) is 0 Å². The Morgan fingerprint density at radius 3 is 2.50 bits per heavy atom. The lowest BCUT2D eigenvalue weighted by molar-refractivity contribution is 0.321. The van der Waals surface area contributed by atoms with Crippen LogP contribution >= 0.6 is 15.9 Å². The van der Waals surface area contributed by atoms with Gasteiger partial charge in [0.05, 0.1) is 0 Å². The number of allylic oxidation sites excluding steroid dienone is 4. The van der Waals surface area contributed by atoms with Gasteiger partial charge in [0, 0.05) is 0 Å². The molecular weight excluding hydrogens is 194 g/mol. The minimum atomic E-state index is 0.425. The molecule has 0 aromatic rings. The highest BCUT2D eigenvalue weighted by atomic mass is 79.9. The average Bonchev–Trinajstić information content (AvgIpc) is 1.99. The Hall–Kier alpha value is -0.570. The molecule has 0 saturated heterocycles. The van der Waals surface area contributed by atoms with Gasteiger partial charge in [-0.3, -0.25) is 0 Å². The Bertz CT molecular complexity index is 162. The number of halogens is 1. The topological polar surface area (TPSA) is 32.6 Å². The molecule has 0 aromatic carbocycles. The molecular formula is C7H10BrNO. The zero-order chi connectivity index (χ0) is 7.98. The normalized spacial score (nSPS) is 14.7. The highest BCUT2D eigenvalue weighted by molar-refractivity contribution is 9.18. The molecule has 56 valence electrons. The predicted octanol–water partition coefficient (Wildman–Crippen LogP) is 2.69. The molecule has 0 fully saturated rings. The fourth-order valence-corrected chi connectivity index (χ4v) is 0.462. The van der Waals surface area contributed by atoms with Crippen molar-refractivity contribution in [1.82, 2.24) is 0 Å².